The van der Waals surface area contributed by atoms with Crippen LogP contribution in [0, 0.1) is 0 Å². The van der Waals surface area contributed by atoms with Crippen LogP contribution in [0.3, 0.4) is 0 Å². The maximum atomic E-state index is 11.0. The number of benzene rings is 3. The molecule has 0 radical (unpaired) electrons. The highest BCUT2D eigenvalue weighted by molar-refractivity contribution is 6.33. The average molecular weight is 402 g/mol. The molecule has 2 N–H and O–H groups in total. The molecule has 0 amide bonds. The van der Waals surface area contributed by atoms with E-state index >= 15 is 0 Å². The van der Waals surface area contributed by atoms with Gasteiger partial charge in [-0.1, -0.05) is 47.5 Å². The molecule has 0 atom stereocenters. The first-order valence-corrected chi connectivity index (χ1v) is 9.00. The highest BCUT2D eigenvalue weighted by Crippen LogP contribution is 2.22. The van der Waals surface area contributed by atoms with E-state index in [1.54, 1.807) is 12.1 Å². The van der Waals surface area contributed by atoms with E-state index in [1.165, 1.54) is 6.07 Å². The molecule has 0 aromatic heterocycles. The Labute approximate surface area is 167 Å². The van der Waals surface area contributed by atoms with Crippen molar-refractivity contribution in [2.75, 3.05) is 5.32 Å². The van der Waals surface area contributed by atoms with E-state index in [-0.39, 0.29) is 10.6 Å². The molecule has 0 saturated carbocycles. The maximum Gasteiger partial charge on any atom is 0.337 e. The van der Waals surface area contributed by atoms with E-state index < -0.39 is 5.97 Å². The molecular formula is C21H17Cl2NO3. The molecular weight excluding hydrogens is 385 g/mol. The molecule has 3 rings (SSSR count). The number of carboxylic acid groups (broad SMARTS) is 1. The molecule has 6 heteroatoms. The Morgan fingerprint density at radius 3 is 2.44 bits per heavy atom. The van der Waals surface area contributed by atoms with E-state index in [2.05, 4.69) is 5.32 Å². The molecule has 0 aliphatic heterocycles. The zero-order valence-electron chi connectivity index (χ0n) is 14.3. The van der Waals surface area contributed by atoms with Crippen molar-refractivity contribution in [3.63, 3.8) is 0 Å². The third-order valence-electron chi connectivity index (χ3n) is 3.91. The van der Waals surface area contributed by atoms with Crippen LogP contribution in [0.1, 0.15) is 21.5 Å². The number of ether oxygens (including phenoxy) is 1. The number of aromatic carboxylic acids is 1. The first kappa shape index (κ1) is 19.1. The van der Waals surface area contributed by atoms with Crippen molar-refractivity contribution in [3.05, 3.63) is 93.5 Å². The molecule has 138 valence electrons. The van der Waals surface area contributed by atoms with E-state index in [1.807, 2.05) is 48.5 Å². The van der Waals surface area contributed by atoms with Crippen LogP contribution in [0.5, 0.6) is 5.75 Å². The van der Waals surface area contributed by atoms with Gasteiger partial charge in [-0.25, -0.2) is 4.79 Å². The molecule has 0 aliphatic carbocycles. The van der Waals surface area contributed by atoms with Crippen LogP contribution >= 0.6 is 23.2 Å². The summed E-state index contributed by atoms with van der Waals surface area (Å²) in [5, 5.41) is 13.1. The monoisotopic (exact) mass is 401 g/mol. The van der Waals surface area contributed by atoms with Crippen molar-refractivity contribution in [2.45, 2.75) is 13.2 Å². The van der Waals surface area contributed by atoms with Crippen LogP contribution in [0.2, 0.25) is 10.0 Å². The Morgan fingerprint density at radius 2 is 1.74 bits per heavy atom. The van der Waals surface area contributed by atoms with Gasteiger partial charge in [0.25, 0.3) is 0 Å². The van der Waals surface area contributed by atoms with Gasteiger partial charge in [0.15, 0.2) is 0 Å². The van der Waals surface area contributed by atoms with Crippen molar-refractivity contribution in [1.82, 2.24) is 0 Å². The van der Waals surface area contributed by atoms with Crippen molar-refractivity contribution in [1.29, 1.82) is 0 Å². The minimum atomic E-state index is -1.04. The van der Waals surface area contributed by atoms with Gasteiger partial charge in [-0.05, 0) is 53.6 Å². The first-order valence-electron chi connectivity index (χ1n) is 8.24. The Hall–Kier alpha value is -2.69. The molecule has 0 aliphatic rings. The molecule has 0 heterocycles. The fourth-order valence-corrected chi connectivity index (χ4v) is 2.88. The highest BCUT2D eigenvalue weighted by atomic mass is 35.5. The maximum absolute atomic E-state index is 11.0. The summed E-state index contributed by atoms with van der Waals surface area (Å²) in [5.74, 6) is -0.277. The van der Waals surface area contributed by atoms with Gasteiger partial charge in [0.2, 0.25) is 0 Å². The molecule has 3 aromatic rings. The standard InChI is InChI=1S/C21H17Cl2NO3/c22-16-6-4-14(5-7-16)13-27-18-3-1-2-15(10-18)12-24-17-8-9-19(21(25)26)20(23)11-17/h1-11,24H,12-13H2,(H,25,26). The van der Waals surface area contributed by atoms with Crippen LogP contribution in [0.4, 0.5) is 5.69 Å². The Balaban J connectivity index is 1.59. The third-order valence-corrected chi connectivity index (χ3v) is 4.48. The molecule has 0 unspecified atom stereocenters. The average Bonchev–Trinajstić information content (AvgIpc) is 2.66. The lowest BCUT2D eigenvalue weighted by Gasteiger charge is -2.11. The quantitative estimate of drug-likeness (QED) is 0.518. The Bertz CT molecular complexity index is 942. The van der Waals surface area contributed by atoms with Crippen LogP contribution < -0.4 is 10.1 Å². The zero-order chi connectivity index (χ0) is 19.2. The smallest absolute Gasteiger partial charge is 0.337 e. The SMILES string of the molecule is O=C(O)c1ccc(NCc2cccc(OCc3ccc(Cl)cc3)c2)cc1Cl. The van der Waals surface area contributed by atoms with E-state index in [0.717, 1.165) is 22.6 Å². The van der Waals surface area contributed by atoms with Crippen LogP contribution in [-0.4, -0.2) is 11.1 Å². The molecule has 0 saturated heterocycles. The Kier molecular flexibility index (Phi) is 6.22. The second-order valence-corrected chi connectivity index (χ2v) is 6.76. The number of anilines is 1. The summed E-state index contributed by atoms with van der Waals surface area (Å²) in [6.07, 6.45) is 0. The van der Waals surface area contributed by atoms with Gasteiger partial charge in [0, 0.05) is 17.3 Å². The van der Waals surface area contributed by atoms with Crippen molar-refractivity contribution >= 4 is 34.9 Å². The predicted molar refractivity (Wildman–Crippen MR) is 108 cm³/mol. The van der Waals surface area contributed by atoms with Gasteiger partial charge >= 0.3 is 5.97 Å². The van der Waals surface area contributed by atoms with Crippen molar-refractivity contribution < 1.29 is 14.6 Å². The summed E-state index contributed by atoms with van der Waals surface area (Å²) in [6, 6.07) is 20.1. The largest absolute Gasteiger partial charge is 0.489 e. The van der Waals surface area contributed by atoms with Gasteiger partial charge in [-0.2, -0.15) is 0 Å². The second-order valence-electron chi connectivity index (χ2n) is 5.92. The topological polar surface area (TPSA) is 58.6 Å². The summed E-state index contributed by atoms with van der Waals surface area (Å²) in [6.45, 7) is 1.02. The van der Waals surface area contributed by atoms with E-state index in [4.69, 9.17) is 33.0 Å². The van der Waals surface area contributed by atoms with E-state index in [9.17, 15) is 4.79 Å². The van der Waals surface area contributed by atoms with Gasteiger partial charge < -0.3 is 15.2 Å². The fourth-order valence-electron chi connectivity index (χ4n) is 2.50. The molecule has 4 nitrogen and oxygen atoms in total. The molecule has 3 aromatic carbocycles. The van der Waals surface area contributed by atoms with Gasteiger partial charge in [0.05, 0.1) is 10.6 Å². The first-order chi connectivity index (χ1) is 13.0. The van der Waals surface area contributed by atoms with E-state index in [0.29, 0.717) is 18.2 Å². The summed E-state index contributed by atoms with van der Waals surface area (Å²) in [7, 11) is 0. The van der Waals surface area contributed by atoms with Crippen molar-refractivity contribution in [2.24, 2.45) is 0 Å². The second kappa shape index (κ2) is 8.80. The number of rotatable bonds is 7. The third kappa shape index (κ3) is 5.39. The van der Waals surface area contributed by atoms with Gasteiger partial charge in [-0.15, -0.1) is 0 Å². The minimum absolute atomic E-state index is 0.0832. The Morgan fingerprint density at radius 1 is 0.963 bits per heavy atom. The summed E-state index contributed by atoms with van der Waals surface area (Å²) in [5.41, 5.74) is 2.90. The number of nitrogens with one attached hydrogen (secondary N) is 1. The lowest BCUT2D eigenvalue weighted by atomic mass is 10.2. The van der Waals surface area contributed by atoms with Crippen LogP contribution in [0.15, 0.2) is 66.7 Å². The highest BCUT2D eigenvalue weighted by Gasteiger charge is 2.08. The molecule has 27 heavy (non-hydrogen) atoms. The number of carbonyl (C=O) groups is 1. The molecule has 0 bridgehead atoms. The lowest BCUT2D eigenvalue weighted by molar-refractivity contribution is 0.0697. The normalized spacial score (nSPS) is 10.4. The van der Waals surface area contributed by atoms with Crippen LogP contribution in [0.25, 0.3) is 0 Å². The van der Waals surface area contributed by atoms with Crippen molar-refractivity contribution in [3.8, 4) is 5.75 Å². The molecule has 0 spiro atoms. The number of carboxylic acids is 1. The summed E-state index contributed by atoms with van der Waals surface area (Å²) < 4.78 is 5.83. The number of halogens is 2. The van der Waals surface area contributed by atoms with Crippen LogP contribution in [-0.2, 0) is 13.2 Å². The summed E-state index contributed by atoms with van der Waals surface area (Å²) >= 11 is 11.9. The zero-order valence-corrected chi connectivity index (χ0v) is 15.8. The lowest BCUT2D eigenvalue weighted by Crippen LogP contribution is -2.02. The fraction of sp³-hybridized carbons (Fsp3) is 0.0952. The van der Waals surface area contributed by atoms with Gasteiger partial charge in [-0.3, -0.25) is 0 Å². The summed E-state index contributed by atoms with van der Waals surface area (Å²) in [4.78, 5) is 11.0. The van der Waals surface area contributed by atoms with Gasteiger partial charge in [0.1, 0.15) is 12.4 Å². The number of hydrogen-bond donors (Lipinski definition) is 2. The minimum Gasteiger partial charge on any atom is -0.489 e. The predicted octanol–water partition coefficient (Wildman–Crippen LogP) is 5.88. The number of hydrogen-bond acceptors (Lipinski definition) is 3. The molecule has 0 fully saturated rings.